The number of ether oxygens (including phenoxy) is 3. The fourth-order valence-corrected chi connectivity index (χ4v) is 3.89. The Morgan fingerprint density at radius 2 is 1.87 bits per heavy atom. The van der Waals surface area contributed by atoms with Crippen molar-refractivity contribution in [1.82, 2.24) is 10.2 Å². The van der Waals surface area contributed by atoms with Gasteiger partial charge in [-0.25, -0.2) is 0 Å². The Morgan fingerprint density at radius 3 is 2.57 bits per heavy atom. The van der Waals surface area contributed by atoms with E-state index in [2.05, 4.69) is 10.2 Å². The Balaban J connectivity index is 1.67. The van der Waals surface area contributed by atoms with Crippen LogP contribution < -0.4 is 14.8 Å². The number of carbonyl (C=O) groups excluding carboxylic acids is 1. The molecule has 1 aliphatic rings. The molecule has 0 bridgehead atoms. The number of rotatable bonds is 9. The van der Waals surface area contributed by atoms with Gasteiger partial charge < -0.3 is 19.5 Å². The maximum absolute atomic E-state index is 12.5. The van der Waals surface area contributed by atoms with Gasteiger partial charge in [-0.05, 0) is 35.7 Å². The van der Waals surface area contributed by atoms with Crippen molar-refractivity contribution in [2.75, 3.05) is 47.1 Å². The molecule has 162 valence electrons. The van der Waals surface area contributed by atoms with E-state index in [1.165, 1.54) is 0 Å². The summed E-state index contributed by atoms with van der Waals surface area (Å²) in [7, 11) is 3.25. The number of aryl methyl sites for hydroxylation is 1. The van der Waals surface area contributed by atoms with Crippen LogP contribution in [0.2, 0.25) is 5.02 Å². The first-order valence-electron chi connectivity index (χ1n) is 10.2. The van der Waals surface area contributed by atoms with E-state index in [1.54, 1.807) is 14.2 Å². The van der Waals surface area contributed by atoms with Gasteiger partial charge in [0.05, 0.1) is 33.5 Å². The van der Waals surface area contributed by atoms with Crippen LogP contribution in [0.3, 0.4) is 0 Å². The minimum absolute atomic E-state index is 0.00801. The second kappa shape index (κ2) is 11.2. The third-order valence-electron chi connectivity index (χ3n) is 5.35. The maximum Gasteiger partial charge on any atom is 0.220 e. The molecule has 0 aliphatic carbocycles. The molecule has 1 atom stereocenters. The van der Waals surface area contributed by atoms with E-state index in [4.69, 9.17) is 25.8 Å². The average Bonchev–Trinajstić information content (AvgIpc) is 2.79. The Hall–Kier alpha value is -2.28. The highest BCUT2D eigenvalue weighted by Crippen LogP contribution is 2.32. The first kappa shape index (κ1) is 22.4. The van der Waals surface area contributed by atoms with E-state index in [0.29, 0.717) is 49.1 Å². The van der Waals surface area contributed by atoms with Crippen LogP contribution in [0.4, 0.5) is 0 Å². The molecule has 30 heavy (non-hydrogen) atoms. The number of amides is 1. The van der Waals surface area contributed by atoms with Gasteiger partial charge in [0.1, 0.15) is 0 Å². The van der Waals surface area contributed by atoms with E-state index < -0.39 is 0 Å². The van der Waals surface area contributed by atoms with Gasteiger partial charge in [0, 0.05) is 31.1 Å². The molecule has 0 radical (unpaired) electrons. The summed E-state index contributed by atoms with van der Waals surface area (Å²) >= 11 is 6.20. The smallest absolute Gasteiger partial charge is 0.220 e. The number of hydrogen-bond donors (Lipinski definition) is 1. The van der Waals surface area contributed by atoms with Crippen molar-refractivity contribution in [3.63, 3.8) is 0 Å². The number of methoxy groups -OCH3 is 2. The fraction of sp³-hybridized carbons (Fsp3) is 0.435. The van der Waals surface area contributed by atoms with Crippen LogP contribution in [0.25, 0.3) is 0 Å². The number of carbonyl (C=O) groups is 1. The van der Waals surface area contributed by atoms with Gasteiger partial charge in [-0.15, -0.1) is 0 Å². The number of halogens is 1. The topological polar surface area (TPSA) is 60.0 Å². The Kier molecular flexibility index (Phi) is 8.37. The lowest BCUT2D eigenvalue weighted by atomic mass is 10.0. The Labute approximate surface area is 183 Å². The van der Waals surface area contributed by atoms with Gasteiger partial charge >= 0.3 is 0 Å². The molecule has 1 saturated heterocycles. The average molecular weight is 433 g/mol. The number of hydrogen-bond acceptors (Lipinski definition) is 5. The molecule has 1 N–H and O–H groups in total. The lowest BCUT2D eigenvalue weighted by molar-refractivity contribution is -0.121. The van der Waals surface area contributed by atoms with E-state index in [-0.39, 0.29) is 11.9 Å². The highest BCUT2D eigenvalue weighted by Gasteiger charge is 2.24. The number of nitrogens with zero attached hydrogens (tertiary/aromatic N) is 1. The Bertz CT molecular complexity index is 840. The SMILES string of the molecule is COc1ccc(C(CNC(=O)CCc2ccccc2Cl)N2CCOCC2)cc1OC. The fourth-order valence-electron chi connectivity index (χ4n) is 3.66. The summed E-state index contributed by atoms with van der Waals surface area (Å²) < 4.78 is 16.3. The van der Waals surface area contributed by atoms with Crippen LogP contribution in [0.15, 0.2) is 42.5 Å². The molecule has 1 heterocycles. The maximum atomic E-state index is 12.5. The first-order valence-corrected chi connectivity index (χ1v) is 10.5. The molecule has 6 nitrogen and oxygen atoms in total. The molecule has 2 aromatic rings. The zero-order valence-electron chi connectivity index (χ0n) is 17.5. The molecule has 7 heteroatoms. The van der Waals surface area contributed by atoms with Crippen molar-refractivity contribution in [2.45, 2.75) is 18.9 Å². The zero-order chi connectivity index (χ0) is 21.3. The van der Waals surface area contributed by atoms with Gasteiger partial charge in [0.2, 0.25) is 5.91 Å². The van der Waals surface area contributed by atoms with E-state index in [9.17, 15) is 4.79 Å². The van der Waals surface area contributed by atoms with Gasteiger partial charge in [-0.1, -0.05) is 35.9 Å². The number of morpholine rings is 1. The molecule has 2 aromatic carbocycles. The zero-order valence-corrected chi connectivity index (χ0v) is 18.3. The molecule has 0 spiro atoms. The van der Waals surface area contributed by atoms with E-state index in [0.717, 1.165) is 24.2 Å². The second-order valence-electron chi connectivity index (χ2n) is 7.17. The van der Waals surface area contributed by atoms with Crippen LogP contribution in [-0.2, 0) is 16.0 Å². The summed E-state index contributed by atoms with van der Waals surface area (Å²) in [5, 5.41) is 3.79. The van der Waals surface area contributed by atoms with Crippen molar-refractivity contribution in [3.05, 3.63) is 58.6 Å². The highest BCUT2D eigenvalue weighted by atomic mass is 35.5. The van der Waals surface area contributed by atoms with E-state index in [1.807, 2.05) is 42.5 Å². The lowest BCUT2D eigenvalue weighted by Gasteiger charge is -2.35. The lowest BCUT2D eigenvalue weighted by Crippen LogP contribution is -2.43. The van der Waals surface area contributed by atoms with Crippen molar-refractivity contribution in [3.8, 4) is 11.5 Å². The quantitative estimate of drug-likeness (QED) is 0.657. The van der Waals surface area contributed by atoms with Crippen LogP contribution >= 0.6 is 11.6 Å². The largest absolute Gasteiger partial charge is 0.493 e. The molecule has 1 unspecified atom stereocenters. The summed E-state index contributed by atoms with van der Waals surface area (Å²) in [5.74, 6) is 1.37. The van der Waals surface area contributed by atoms with Crippen molar-refractivity contribution < 1.29 is 19.0 Å². The van der Waals surface area contributed by atoms with Gasteiger partial charge in [-0.3, -0.25) is 9.69 Å². The van der Waals surface area contributed by atoms with Crippen molar-refractivity contribution >= 4 is 17.5 Å². The summed E-state index contributed by atoms with van der Waals surface area (Å²) in [6.45, 7) is 3.51. The number of benzene rings is 2. The highest BCUT2D eigenvalue weighted by molar-refractivity contribution is 6.31. The van der Waals surface area contributed by atoms with Crippen molar-refractivity contribution in [1.29, 1.82) is 0 Å². The van der Waals surface area contributed by atoms with Crippen LogP contribution in [0, 0.1) is 0 Å². The molecule has 0 aromatic heterocycles. The summed E-state index contributed by atoms with van der Waals surface area (Å²) in [6.07, 6.45) is 1.01. The summed E-state index contributed by atoms with van der Waals surface area (Å²) in [6, 6.07) is 13.6. The van der Waals surface area contributed by atoms with Crippen molar-refractivity contribution in [2.24, 2.45) is 0 Å². The van der Waals surface area contributed by atoms with Gasteiger partial charge in [-0.2, -0.15) is 0 Å². The molecule has 1 amide bonds. The van der Waals surface area contributed by atoms with Gasteiger partial charge in [0.15, 0.2) is 11.5 Å². The molecule has 3 rings (SSSR count). The van der Waals surface area contributed by atoms with Crippen LogP contribution in [-0.4, -0.2) is 57.9 Å². The third-order valence-corrected chi connectivity index (χ3v) is 5.72. The Morgan fingerprint density at radius 1 is 1.13 bits per heavy atom. The normalized spacial score (nSPS) is 15.4. The molecule has 0 saturated carbocycles. The summed E-state index contributed by atoms with van der Waals surface area (Å²) in [5.41, 5.74) is 2.06. The minimum atomic E-state index is 0.00801. The molecular weight excluding hydrogens is 404 g/mol. The molecular formula is C23H29ClN2O4. The minimum Gasteiger partial charge on any atom is -0.493 e. The second-order valence-corrected chi connectivity index (χ2v) is 7.58. The van der Waals surface area contributed by atoms with Gasteiger partial charge in [0.25, 0.3) is 0 Å². The number of nitrogens with one attached hydrogen (secondary N) is 1. The standard InChI is InChI=1S/C23H29ClN2O4/c1-28-21-9-7-18(15-22(21)29-2)20(26-11-13-30-14-12-26)16-25-23(27)10-8-17-5-3-4-6-19(17)24/h3-7,9,15,20H,8,10-14,16H2,1-2H3,(H,25,27). The predicted octanol–water partition coefficient (Wildman–Crippen LogP) is 3.48. The first-order chi connectivity index (χ1) is 14.6. The monoisotopic (exact) mass is 432 g/mol. The molecule has 1 aliphatic heterocycles. The third kappa shape index (κ3) is 5.88. The molecule has 1 fully saturated rings. The predicted molar refractivity (Wildman–Crippen MR) is 117 cm³/mol. The van der Waals surface area contributed by atoms with Crippen LogP contribution in [0.1, 0.15) is 23.6 Å². The summed E-state index contributed by atoms with van der Waals surface area (Å²) in [4.78, 5) is 14.9. The van der Waals surface area contributed by atoms with Crippen LogP contribution in [0.5, 0.6) is 11.5 Å². The van der Waals surface area contributed by atoms with E-state index >= 15 is 0 Å².